The number of aliphatic hydroxyl groups is 1. The standard InChI is InChI=1S/C13H25N3O2/c1-9-6-15-12(7-14-9)13(18)16-11-4-2-10(8-17)3-5-11/h9-12,14-15,17H,2-8H2,1H3,(H,16,18). The van der Waals surface area contributed by atoms with Gasteiger partial charge in [0.15, 0.2) is 0 Å². The van der Waals surface area contributed by atoms with Gasteiger partial charge < -0.3 is 21.1 Å². The van der Waals surface area contributed by atoms with Crippen LogP contribution in [0, 0.1) is 5.92 Å². The van der Waals surface area contributed by atoms with Gasteiger partial charge in [-0.05, 0) is 38.5 Å². The maximum atomic E-state index is 12.1. The van der Waals surface area contributed by atoms with Gasteiger partial charge in [0.1, 0.15) is 0 Å². The van der Waals surface area contributed by atoms with Gasteiger partial charge in [-0.1, -0.05) is 0 Å². The zero-order chi connectivity index (χ0) is 13.0. The summed E-state index contributed by atoms with van der Waals surface area (Å²) < 4.78 is 0. The highest BCUT2D eigenvalue weighted by atomic mass is 16.3. The molecule has 0 radical (unpaired) electrons. The molecule has 5 heteroatoms. The Bertz CT molecular complexity index is 269. The highest BCUT2D eigenvalue weighted by molar-refractivity contribution is 5.82. The third-order valence-electron chi connectivity index (χ3n) is 4.11. The molecule has 0 spiro atoms. The third-order valence-corrected chi connectivity index (χ3v) is 4.11. The van der Waals surface area contributed by atoms with Crippen molar-refractivity contribution in [2.45, 2.75) is 50.7 Å². The van der Waals surface area contributed by atoms with E-state index in [1.807, 2.05) is 0 Å². The molecule has 1 saturated heterocycles. The van der Waals surface area contributed by atoms with Crippen molar-refractivity contribution in [3.63, 3.8) is 0 Å². The molecule has 0 aromatic carbocycles. The molecule has 0 aromatic heterocycles. The molecular weight excluding hydrogens is 230 g/mol. The van der Waals surface area contributed by atoms with E-state index in [1.165, 1.54) is 0 Å². The molecule has 2 fully saturated rings. The van der Waals surface area contributed by atoms with E-state index >= 15 is 0 Å². The van der Waals surface area contributed by atoms with E-state index in [-0.39, 0.29) is 18.6 Å². The van der Waals surface area contributed by atoms with Crippen LogP contribution >= 0.6 is 0 Å². The number of rotatable bonds is 3. The minimum absolute atomic E-state index is 0.100. The molecule has 2 aliphatic rings. The number of nitrogens with one attached hydrogen (secondary N) is 3. The minimum atomic E-state index is -0.100. The minimum Gasteiger partial charge on any atom is -0.396 e. The van der Waals surface area contributed by atoms with Crippen LogP contribution in [0.2, 0.25) is 0 Å². The van der Waals surface area contributed by atoms with Gasteiger partial charge in [-0.2, -0.15) is 0 Å². The van der Waals surface area contributed by atoms with Gasteiger partial charge in [0, 0.05) is 31.8 Å². The molecule has 4 N–H and O–H groups in total. The summed E-state index contributed by atoms with van der Waals surface area (Å²) in [5.74, 6) is 0.551. The highest BCUT2D eigenvalue weighted by Crippen LogP contribution is 2.23. The molecule has 1 aliphatic heterocycles. The topological polar surface area (TPSA) is 73.4 Å². The SMILES string of the molecule is CC1CNC(C(=O)NC2CCC(CO)CC2)CN1. The molecule has 5 nitrogen and oxygen atoms in total. The van der Waals surface area contributed by atoms with E-state index < -0.39 is 0 Å². The molecular formula is C13H25N3O2. The fourth-order valence-corrected chi connectivity index (χ4v) is 2.76. The van der Waals surface area contributed by atoms with Gasteiger partial charge in [-0.15, -0.1) is 0 Å². The van der Waals surface area contributed by atoms with Crippen molar-refractivity contribution in [1.29, 1.82) is 0 Å². The first-order valence-electron chi connectivity index (χ1n) is 7.07. The summed E-state index contributed by atoms with van der Waals surface area (Å²) in [5.41, 5.74) is 0. The molecule has 1 amide bonds. The molecule has 104 valence electrons. The van der Waals surface area contributed by atoms with Gasteiger partial charge in [0.2, 0.25) is 5.91 Å². The van der Waals surface area contributed by atoms with Gasteiger partial charge in [0.05, 0.1) is 6.04 Å². The van der Waals surface area contributed by atoms with Gasteiger partial charge in [-0.3, -0.25) is 4.79 Å². The van der Waals surface area contributed by atoms with Crippen molar-refractivity contribution in [3.8, 4) is 0 Å². The number of piperazine rings is 1. The van der Waals surface area contributed by atoms with Crippen LogP contribution < -0.4 is 16.0 Å². The first kappa shape index (κ1) is 13.8. The Hall–Kier alpha value is -0.650. The summed E-state index contributed by atoms with van der Waals surface area (Å²) >= 11 is 0. The van der Waals surface area contributed by atoms with Crippen LogP contribution in [0.5, 0.6) is 0 Å². The molecule has 2 atom stereocenters. The number of carbonyl (C=O) groups is 1. The largest absolute Gasteiger partial charge is 0.396 e. The monoisotopic (exact) mass is 255 g/mol. The zero-order valence-corrected chi connectivity index (χ0v) is 11.1. The Morgan fingerprint density at radius 2 is 1.94 bits per heavy atom. The first-order chi connectivity index (χ1) is 8.69. The Balaban J connectivity index is 1.71. The lowest BCUT2D eigenvalue weighted by Crippen LogP contribution is -2.60. The Labute approximate surface area is 109 Å². The van der Waals surface area contributed by atoms with Crippen LogP contribution in [0.3, 0.4) is 0 Å². The second-order valence-corrected chi connectivity index (χ2v) is 5.68. The lowest BCUT2D eigenvalue weighted by molar-refractivity contribution is -0.124. The van der Waals surface area contributed by atoms with Gasteiger partial charge >= 0.3 is 0 Å². The third kappa shape index (κ3) is 3.67. The number of hydrogen-bond donors (Lipinski definition) is 4. The highest BCUT2D eigenvalue weighted by Gasteiger charge is 2.27. The maximum Gasteiger partial charge on any atom is 0.238 e. The summed E-state index contributed by atoms with van der Waals surface area (Å²) in [7, 11) is 0. The van der Waals surface area contributed by atoms with E-state index in [2.05, 4.69) is 22.9 Å². The quantitative estimate of drug-likeness (QED) is 0.554. The van der Waals surface area contributed by atoms with Crippen molar-refractivity contribution >= 4 is 5.91 Å². The molecule has 1 heterocycles. The summed E-state index contributed by atoms with van der Waals surface area (Å²) in [5, 5.41) is 18.8. The summed E-state index contributed by atoms with van der Waals surface area (Å²) in [6.45, 7) is 3.94. The average Bonchev–Trinajstić information content (AvgIpc) is 2.40. The summed E-state index contributed by atoms with van der Waals surface area (Å²) in [4.78, 5) is 12.1. The van der Waals surface area contributed by atoms with Crippen molar-refractivity contribution in [1.82, 2.24) is 16.0 Å². The van der Waals surface area contributed by atoms with E-state index in [0.29, 0.717) is 24.5 Å². The average molecular weight is 255 g/mol. The Morgan fingerprint density at radius 3 is 2.50 bits per heavy atom. The molecule has 1 aliphatic carbocycles. The van der Waals surface area contributed by atoms with E-state index in [4.69, 9.17) is 5.11 Å². The van der Waals surface area contributed by atoms with Crippen LogP contribution in [0.1, 0.15) is 32.6 Å². The van der Waals surface area contributed by atoms with Crippen LogP contribution in [-0.4, -0.2) is 48.8 Å². The molecule has 1 saturated carbocycles. The van der Waals surface area contributed by atoms with Gasteiger partial charge in [0.25, 0.3) is 0 Å². The number of hydrogen-bond acceptors (Lipinski definition) is 4. The van der Waals surface area contributed by atoms with Crippen LogP contribution in [-0.2, 0) is 4.79 Å². The Morgan fingerprint density at radius 1 is 1.22 bits per heavy atom. The molecule has 2 rings (SSSR count). The number of aliphatic hydroxyl groups excluding tert-OH is 1. The Kier molecular flexibility index (Phi) is 4.97. The zero-order valence-electron chi connectivity index (χ0n) is 11.1. The van der Waals surface area contributed by atoms with Gasteiger partial charge in [-0.25, -0.2) is 0 Å². The fraction of sp³-hybridized carbons (Fsp3) is 0.923. The van der Waals surface area contributed by atoms with Crippen LogP contribution in [0.15, 0.2) is 0 Å². The fourth-order valence-electron chi connectivity index (χ4n) is 2.76. The summed E-state index contributed by atoms with van der Waals surface area (Å²) in [6.07, 6.45) is 4.03. The van der Waals surface area contributed by atoms with Crippen LogP contribution in [0.4, 0.5) is 0 Å². The normalized spacial score (nSPS) is 37.2. The van der Waals surface area contributed by atoms with Crippen molar-refractivity contribution < 1.29 is 9.90 Å². The predicted molar refractivity (Wildman–Crippen MR) is 70.2 cm³/mol. The second-order valence-electron chi connectivity index (χ2n) is 5.68. The second kappa shape index (κ2) is 6.50. The number of amides is 1. The van der Waals surface area contributed by atoms with Crippen LogP contribution in [0.25, 0.3) is 0 Å². The smallest absolute Gasteiger partial charge is 0.238 e. The molecule has 18 heavy (non-hydrogen) atoms. The predicted octanol–water partition coefficient (Wildman–Crippen LogP) is -0.396. The van der Waals surface area contributed by atoms with Crippen molar-refractivity contribution in [2.75, 3.05) is 19.7 Å². The first-order valence-corrected chi connectivity index (χ1v) is 7.07. The van der Waals surface area contributed by atoms with Crippen molar-refractivity contribution in [2.24, 2.45) is 5.92 Å². The van der Waals surface area contributed by atoms with Crippen molar-refractivity contribution in [3.05, 3.63) is 0 Å². The maximum absolute atomic E-state index is 12.1. The lowest BCUT2D eigenvalue weighted by Gasteiger charge is -2.32. The summed E-state index contributed by atoms with van der Waals surface area (Å²) in [6, 6.07) is 0.632. The molecule has 0 aromatic rings. The van der Waals surface area contributed by atoms with E-state index in [9.17, 15) is 4.79 Å². The molecule has 2 unspecified atom stereocenters. The number of carbonyl (C=O) groups excluding carboxylic acids is 1. The van der Waals surface area contributed by atoms with E-state index in [0.717, 1.165) is 32.2 Å². The van der Waals surface area contributed by atoms with E-state index in [1.54, 1.807) is 0 Å². The lowest BCUT2D eigenvalue weighted by atomic mass is 9.86. The molecule has 0 bridgehead atoms.